The number of furan rings is 1. The van der Waals surface area contributed by atoms with Crippen molar-refractivity contribution in [2.45, 2.75) is 13.3 Å². The van der Waals surface area contributed by atoms with Crippen LogP contribution >= 0.6 is 0 Å². The summed E-state index contributed by atoms with van der Waals surface area (Å²) in [5.41, 5.74) is 5.49. The molecule has 74 valence electrons. The van der Waals surface area contributed by atoms with Gasteiger partial charge in [-0.1, -0.05) is 6.92 Å². The third-order valence-electron chi connectivity index (χ3n) is 2.02. The van der Waals surface area contributed by atoms with Crippen LogP contribution in [-0.4, -0.2) is 19.6 Å². The van der Waals surface area contributed by atoms with Crippen molar-refractivity contribution in [2.75, 3.05) is 19.6 Å². The Labute approximate surface area is 79.3 Å². The third-order valence-corrected chi connectivity index (χ3v) is 2.02. The zero-order valence-corrected chi connectivity index (χ0v) is 8.12. The number of hydrogen-bond acceptors (Lipinski definition) is 3. The molecule has 1 aromatic rings. The summed E-state index contributed by atoms with van der Waals surface area (Å²) in [4.78, 5) is 0. The van der Waals surface area contributed by atoms with E-state index in [0.29, 0.717) is 5.92 Å². The van der Waals surface area contributed by atoms with Crippen molar-refractivity contribution >= 4 is 0 Å². The van der Waals surface area contributed by atoms with Gasteiger partial charge in [-0.15, -0.1) is 0 Å². The van der Waals surface area contributed by atoms with E-state index in [1.54, 1.807) is 6.26 Å². The van der Waals surface area contributed by atoms with Crippen LogP contribution in [0.1, 0.15) is 12.7 Å². The fraction of sp³-hybridized carbons (Fsp3) is 0.600. The van der Waals surface area contributed by atoms with Gasteiger partial charge in [-0.3, -0.25) is 0 Å². The summed E-state index contributed by atoms with van der Waals surface area (Å²) in [5, 5.41) is 3.33. The van der Waals surface area contributed by atoms with Crippen molar-refractivity contribution in [1.82, 2.24) is 5.32 Å². The Balaban J connectivity index is 2.02. The summed E-state index contributed by atoms with van der Waals surface area (Å²) in [5.74, 6) is 1.59. The van der Waals surface area contributed by atoms with E-state index >= 15 is 0 Å². The predicted molar refractivity (Wildman–Crippen MR) is 53.5 cm³/mol. The molecular formula is C10H18N2O. The quantitative estimate of drug-likeness (QED) is 0.645. The molecule has 0 amide bonds. The van der Waals surface area contributed by atoms with Crippen molar-refractivity contribution in [2.24, 2.45) is 11.7 Å². The lowest BCUT2D eigenvalue weighted by molar-refractivity contribution is 0.480. The molecule has 0 radical (unpaired) electrons. The molecule has 0 aliphatic carbocycles. The Morgan fingerprint density at radius 3 is 3.08 bits per heavy atom. The van der Waals surface area contributed by atoms with E-state index in [1.165, 1.54) is 0 Å². The maximum Gasteiger partial charge on any atom is 0.105 e. The lowest BCUT2D eigenvalue weighted by Crippen LogP contribution is -2.27. The molecule has 3 N–H and O–H groups in total. The molecule has 0 aliphatic heterocycles. The molecule has 13 heavy (non-hydrogen) atoms. The van der Waals surface area contributed by atoms with Crippen LogP contribution in [0.4, 0.5) is 0 Å². The fourth-order valence-corrected chi connectivity index (χ4v) is 1.10. The lowest BCUT2D eigenvalue weighted by atomic mass is 10.2. The van der Waals surface area contributed by atoms with E-state index in [0.717, 1.165) is 31.8 Å². The largest absolute Gasteiger partial charge is 0.469 e. The molecule has 0 saturated carbocycles. The Bertz CT molecular complexity index is 209. The highest BCUT2D eigenvalue weighted by atomic mass is 16.3. The third kappa shape index (κ3) is 4.10. The number of nitrogens with two attached hydrogens (primary N) is 1. The standard InChI is InChI=1S/C10H18N2O/c1-9(7-11)8-12-5-4-10-3-2-6-13-10/h2-3,6,9,12H,4-5,7-8,11H2,1H3. The second-order valence-electron chi connectivity index (χ2n) is 3.37. The first-order valence-electron chi connectivity index (χ1n) is 4.76. The Morgan fingerprint density at radius 1 is 1.62 bits per heavy atom. The molecule has 0 aliphatic rings. The van der Waals surface area contributed by atoms with E-state index in [1.807, 2.05) is 12.1 Å². The molecule has 1 aromatic heterocycles. The maximum atomic E-state index is 5.49. The second-order valence-corrected chi connectivity index (χ2v) is 3.37. The zero-order chi connectivity index (χ0) is 9.52. The Kier molecular flexibility index (Phi) is 4.57. The van der Waals surface area contributed by atoms with Crippen LogP contribution in [0.15, 0.2) is 22.8 Å². The normalized spacial score (nSPS) is 13.1. The average molecular weight is 182 g/mol. The van der Waals surface area contributed by atoms with Crippen molar-refractivity contribution in [3.8, 4) is 0 Å². The molecule has 1 heterocycles. The topological polar surface area (TPSA) is 51.2 Å². The highest BCUT2D eigenvalue weighted by Crippen LogP contribution is 1.99. The van der Waals surface area contributed by atoms with Gasteiger partial charge in [-0.05, 0) is 31.1 Å². The molecule has 0 spiro atoms. The SMILES string of the molecule is CC(CN)CNCCc1ccco1. The van der Waals surface area contributed by atoms with Gasteiger partial charge in [0, 0.05) is 13.0 Å². The number of nitrogens with one attached hydrogen (secondary N) is 1. The van der Waals surface area contributed by atoms with Gasteiger partial charge in [-0.2, -0.15) is 0 Å². The predicted octanol–water partition coefficient (Wildman–Crippen LogP) is 1.01. The minimum absolute atomic E-state index is 0.552. The van der Waals surface area contributed by atoms with E-state index in [-0.39, 0.29) is 0 Å². The summed E-state index contributed by atoms with van der Waals surface area (Å²) in [7, 11) is 0. The number of rotatable bonds is 6. The highest BCUT2D eigenvalue weighted by molar-refractivity contribution is 4.98. The van der Waals surface area contributed by atoms with E-state index in [2.05, 4.69) is 12.2 Å². The van der Waals surface area contributed by atoms with Gasteiger partial charge in [0.2, 0.25) is 0 Å². The first-order chi connectivity index (χ1) is 6.33. The van der Waals surface area contributed by atoms with Crippen molar-refractivity contribution in [3.63, 3.8) is 0 Å². The summed E-state index contributed by atoms with van der Waals surface area (Å²) < 4.78 is 5.20. The van der Waals surface area contributed by atoms with Gasteiger partial charge < -0.3 is 15.5 Å². The van der Waals surface area contributed by atoms with Crippen LogP contribution in [0.5, 0.6) is 0 Å². The molecule has 3 nitrogen and oxygen atoms in total. The van der Waals surface area contributed by atoms with E-state index < -0.39 is 0 Å². The van der Waals surface area contributed by atoms with Gasteiger partial charge in [0.05, 0.1) is 6.26 Å². The number of hydrogen-bond donors (Lipinski definition) is 2. The lowest BCUT2D eigenvalue weighted by Gasteiger charge is -2.08. The van der Waals surface area contributed by atoms with Gasteiger partial charge in [-0.25, -0.2) is 0 Å². The van der Waals surface area contributed by atoms with E-state index in [4.69, 9.17) is 10.2 Å². The Hall–Kier alpha value is -0.800. The molecule has 0 aromatic carbocycles. The second kappa shape index (κ2) is 5.78. The molecule has 0 bridgehead atoms. The highest BCUT2D eigenvalue weighted by Gasteiger charge is 1.98. The maximum absolute atomic E-state index is 5.49. The molecule has 3 heteroatoms. The van der Waals surface area contributed by atoms with Crippen LogP contribution in [-0.2, 0) is 6.42 Å². The first-order valence-corrected chi connectivity index (χ1v) is 4.76. The van der Waals surface area contributed by atoms with Gasteiger partial charge in [0.1, 0.15) is 5.76 Å². The monoisotopic (exact) mass is 182 g/mol. The van der Waals surface area contributed by atoms with Crippen LogP contribution < -0.4 is 11.1 Å². The smallest absolute Gasteiger partial charge is 0.105 e. The molecule has 0 fully saturated rings. The summed E-state index contributed by atoms with van der Waals surface area (Å²) in [6.07, 6.45) is 2.65. The minimum Gasteiger partial charge on any atom is -0.469 e. The van der Waals surface area contributed by atoms with Crippen molar-refractivity contribution in [3.05, 3.63) is 24.2 Å². The zero-order valence-electron chi connectivity index (χ0n) is 8.12. The summed E-state index contributed by atoms with van der Waals surface area (Å²) in [6.45, 7) is 4.82. The van der Waals surface area contributed by atoms with Crippen LogP contribution in [0, 0.1) is 5.92 Å². The van der Waals surface area contributed by atoms with Crippen molar-refractivity contribution in [1.29, 1.82) is 0 Å². The van der Waals surface area contributed by atoms with Gasteiger partial charge in [0.25, 0.3) is 0 Å². The van der Waals surface area contributed by atoms with Gasteiger partial charge >= 0.3 is 0 Å². The van der Waals surface area contributed by atoms with Crippen LogP contribution in [0.2, 0.25) is 0 Å². The molecule has 1 unspecified atom stereocenters. The van der Waals surface area contributed by atoms with E-state index in [9.17, 15) is 0 Å². The summed E-state index contributed by atoms with van der Waals surface area (Å²) >= 11 is 0. The Morgan fingerprint density at radius 2 is 2.46 bits per heavy atom. The van der Waals surface area contributed by atoms with Crippen LogP contribution in [0.3, 0.4) is 0 Å². The molecular weight excluding hydrogens is 164 g/mol. The van der Waals surface area contributed by atoms with Gasteiger partial charge in [0.15, 0.2) is 0 Å². The molecule has 1 atom stereocenters. The van der Waals surface area contributed by atoms with Crippen LogP contribution in [0.25, 0.3) is 0 Å². The molecule has 1 rings (SSSR count). The first kappa shape index (κ1) is 10.3. The average Bonchev–Trinajstić information content (AvgIpc) is 2.64. The molecule has 0 saturated heterocycles. The van der Waals surface area contributed by atoms with Crippen molar-refractivity contribution < 1.29 is 4.42 Å². The minimum atomic E-state index is 0.552. The fourth-order valence-electron chi connectivity index (χ4n) is 1.10. The summed E-state index contributed by atoms with van der Waals surface area (Å²) in [6, 6.07) is 3.91.